The molecule has 0 heterocycles. The molecule has 0 aliphatic carbocycles. The Morgan fingerprint density at radius 1 is 1.57 bits per heavy atom. The number of alkyl halides is 1. The van der Waals surface area contributed by atoms with Crippen LogP contribution in [0.2, 0.25) is 0 Å². The van der Waals surface area contributed by atoms with Gasteiger partial charge < -0.3 is 0 Å². The van der Waals surface area contributed by atoms with Crippen molar-refractivity contribution in [2.45, 2.75) is 31.5 Å². The zero-order valence-corrected chi connectivity index (χ0v) is 6.75. The van der Waals surface area contributed by atoms with Gasteiger partial charge in [-0.3, -0.25) is 0 Å². The van der Waals surface area contributed by atoms with Gasteiger partial charge in [-0.05, 0) is 20.3 Å². The van der Waals surface area contributed by atoms with Gasteiger partial charge in [-0.2, -0.15) is 0 Å². The molecule has 7 heavy (non-hydrogen) atoms. The van der Waals surface area contributed by atoms with E-state index >= 15 is 0 Å². The number of hydrogen-bond donors (Lipinski definition) is 0. The Labute approximate surface area is 54.4 Å². The maximum atomic E-state index is 3.48. The van der Waals surface area contributed by atoms with E-state index in [9.17, 15) is 0 Å². The molecule has 0 nitrogen and oxygen atoms in total. The van der Waals surface area contributed by atoms with Gasteiger partial charge in [-0.15, -0.1) is 0 Å². The van der Waals surface area contributed by atoms with Gasteiger partial charge in [0.05, 0.1) is 0 Å². The predicted octanol–water partition coefficient (Wildman–Crippen LogP) is 2.77. The predicted molar refractivity (Wildman–Crippen MR) is 37.6 cm³/mol. The molecular formula is C6H12Br. The quantitative estimate of drug-likeness (QED) is 0.550. The lowest BCUT2D eigenvalue weighted by Crippen LogP contribution is -2.07. The van der Waals surface area contributed by atoms with E-state index in [-0.39, 0.29) is 4.32 Å². The normalized spacial score (nSPS) is 12.0. The van der Waals surface area contributed by atoms with Crippen molar-refractivity contribution in [2.24, 2.45) is 0 Å². The highest BCUT2D eigenvalue weighted by Gasteiger charge is 2.09. The first-order chi connectivity index (χ1) is 3.06. The molecular weight excluding hydrogens is 152 g/mol. The Kier molecular flexibility index (Phi) is 2.89. The van der Waals surface area contributed by atoms with Crippen molar-refractivity contribution in [3.63, 3.8) is 0 Å². The minimum absolute atomic E-state index is 0.238. The first-order valence-electron chi connectivity index (χ1n) is 2.59. The van der Waals surface area contributed by atoms with Crippen LogP contribution in [0.1, 0.15) is 27.2 Å². The molecule has 0 rings (SSSR count). The van der Waals surface area contributed by atoms with Gasteiger partial charge in [0.2, 0.25) is 0 Å². The summed E-state index contributed by atoms with van der Waals surface area (Å²) in [4.78, 5) is 0. The second-order valence-corrected chi connectivity index (χ2v) is 4.22. The summed E-state index contributed by atoms with van der Waals surface area (Å²) in [6, 6.07) is 0. The third-order valence-corrected chi connectivity index (χ3v) is 1.01. The summed E-state index contributed by atoms with van der Waals surface area (Å²) in [5.74, 6) is 0. The summed E-state index contributed by atoms with van der Waals surface area (Å²) in [5.41, 5.74) is 0. The van der Waals surface area contributed by atoms with Crippen LogP contribution >= 0.6 is 15.9 Å². The molecule has 43 valence electrons. The molecule has 0 unspecified atom stereocenters. The minimum atomic E-state index is 0.238. The van der Waals surface area contributed by atoms with Crippen LogP contribution in [0, 0.1) is 6.42 Å². The molecule has 0 aromatic carbocycles. The summed E-state index contributed by atoms with van der Waals surface area (Å²) in [7, 11) is 0. The monoisotopic (exact) mass is 163 g/mol. The Balaban J connectivity index is 3.15. The molecule has 0 N–H and O–H groups in total. The lowest BCUT2D eigenvalue weighted by atomic mass is 10.1. The van der Waals surface area contributed by atoms with Crippen LogP contribution in [0.5, 0.6) is 0 Å². The highest BCUT2D eigenvalue weighted by Crippen LogP contribution is 2.20. The summed E-state index contributed by atoms with van der Waals surface area (Å²) in [6.07, 6.45) is 3.37. The molecule has 0 spiro atoms. The van der Waals surface area contributed by atoms with Crippen LogP contribution in [0.25, 0.3) is 0 Å². The lowest BCUT2D eigenvalue weighted by molar-refractivity contribution is 0.796. The molecule has 0 aromatic rings. The first-order valence-corrected chi connectivity index (χ1v) is 3.39. The molecule has 0 amide bonds. The SMILES string of the molecule is CC[CH]C(C)(C)Br. The standard InChI is InChI=1S/C6H12Br/c1-4-5-6(2,3)7/h5H,4H2,1-3H3. The van der Waals surface area contributed by atoms with Crippen LogP contribution in [-0.2, 0) is 0 Å². The van der Waals surface area contributed by atoms with E-state index in [0.717, 1.165) is 6.42 Å². The van der Waals surface area contributed by atoms with Gasteiger partial charge in [-0.25, -0.2) is 0 Å². The fraction of sp³-hybridized carbons (Fsp3) is 0.833. The first kappa shape index (κ1) is 7.48. The van der Waals surface area contributed by atoms with Gasteiger partial charge in [0, 0.05) is 4.32 Å². The molecule has 0 saturated carbocycles. The average Bonchev–Trinajstić information content (AvgIpc) is 1.30. The van der Waals surface area contributed by atoms with Crippen molar-refractivity contribution in [3.05, 3.63) is 6.42 Å². The van der Waals surface area contributed by atoms with Gasteiger partial charge in [0.1, 0.15) is 0 Å². The van der Waals surface area contributed by atoms with Crippen molar-refractivity contribution in [3.8, 4) is 0 Å². The van der Waals surface area contributed by atoms with E-state index in [1.165, 1.54) is 0 Å². The molecule has 0 aromatic heterocycles. The zero-order chi connectivity index (χ0) is 5.91. The third-order valence-electron chi connectivity index (χ3n) is 0.690. The Bertz CT molecular complexity index is 42.6. The van der Waals surface area contributed by atoms with Crippen LogP contribution in [0.4, 0.5) is 0 Å². The molecule has 0 aliphatic heterocycles. The third kappa shape index (κ3) is 6.48. The average molecular weight is 164 g/mol. The summed E-state index contributed by atoms with van der Waals surface area (Å²) < 4.78 is 0.238. The van der Waals surface area contributed by atoms with Gasteiger partial charge in [0.15, 0.2) is 0 Å². The van der Waals surface area contributed by atoms with Crippen LogP contribution in [0.3, 0.4) is 0 Å². The Morgan fingerprint density at radius 2 is 2.00 bits per heavy atom. The van der Waals surface area contributed by atoms with Crippen LogP contribution in [-0.4, -0.2) is 4.32 Å². The van der Waals surface area contributed by atoms with Crippen LogP contribution < -0.4 is 0 Å². The summed E-state index contributed by atoms with van der Waals surface area (Å²) >= 11 is 3.48. The lowest BCUT2D eigenvalue weighted by Gasteiger charge is -2.12. The highest BCUT2D eigenvalue weighted by atomic mass is 79.9. The smallest absolute Gasteiger partial charge is 0.0232 e. The van der Waals surface area contributed by atoms with E-state index < -0.39 is 0 Å². The molecule has 1 radical (unpaired) electrons. The zero-order valence-electron chi connectivity index (χ0n) is 5.16. The van der Waals surface area contributed by atoms with E-state index in [1.54, 1.807) is 0 Å². The van der Waals surface area contributed by atoms with E-state index in [1.807, 2.05) is 0 Å². The van der Waals surface area contributed by atoms with Crippen LogP contribution in [0.15, 0.2) is 0 Å². The van der Waals surface area contributed by atoms with Gasteiger partial charge in [-0.1, -0.05) is 29.3 Å². The van der Waals surface area contributed by atoms with Gasteiger partial charge in [0.25, 0.3) is 0 Å². The second-order valence-electron chi connectivity index (χ2n) is 2.18. The number of halogens is 1. The fourth-order valence-electron chi connectivity index (χ4n) is 0.485. The molecule has 0 saturated heterocycles. The van der Waals surface area contributed by atoms with Crippen molar-refractivity contribution in [1.29, 1.82) is 0 Å². The molecule has 1 heteroatoms. The maximum absolute atomic E-state index is 3.48. The topological polar surface area (TPSA) is 0 Å². The highest BCUT2D eigenvalue weighted by molar-refractivity contribution is 9.10. The molecule has 0 bridgehead atoms. The summed E-state index contributed by atoms with van der Waals surface area (Å²) in [5, 5.41) is 0. The maximum Gasteiger partial charge on any atom is 0.0232 e. The summed E-state index contributed by atoms with van der Waals surface area (Å²) in [6.45, 7) is 6.41. The molecule has 0 fully saturated rings. The van der Waals surface area contributed by atoms with Crippen molar-refractivity contribution >= 4 is 15.9 Å². The number of rotatable bonds is 2. The molecule has 0 aliphatic rings. The largest absolute Gasteiger partial charge is 0.0856 e. The Morgan fingerprint density at radius 3 is 2.00 bits per heavy atom. The van der Waals surface area contributed by atoms with E-state index in [4.69, 9.17) is 0 Å². The van der Waals surface area contributed by atoms with E-state index in [0.29, 0.717) is 0 Å². The van der Waals surface area contributed by atoms with Crippen molar-refractivity contribution < 1.29 is 0 Å². The Hall–Kier alpha value is 0.480. The minimum Gasteiger partial charge on any atom is -0.0856 e. The van der Waals surface area contributed by atoms with Gasteiger partial charge >= 0.3 is 0 Å². The molecule has 0 atom stereocenters. The fourth-order valence-corrected chi connectivity index (χ4v) is 0.809. The number of hydrogen-bond acceptors (Lipinski definition) is 0. The van der Waals surface area contributed by atoms with E-state index in [2.05, 4.69) is 43.1 Å². The second kappa shape index (κ2) is 2.71. The van der Waals surface area contributed by atoms with Crippen molar-refractivity contribution in [2.75, 3.05) is 0 Å². The van der Waals surface area contributed by atoms with Crippen molar-refractivity contribution in [1.82, 2.24) is 0 Å².